The number of rotatable bonds is 6. The molecule has 4 nitrogen and oxygen atoms in total. The highest BCUT2D eigenvalue weighted by Gasteiger charge is 2.25. The maximum atomic E-state index is 11.2. The highest BCUT2D eigenvalue weighted by atomic mass is 32.2. The molecule has 0 aromatic heterocycles. The van der Waals surface area contributed by atoms with Crippen LogP contribution in [0.1, 0.15) is 26.7 Å². The monoisotopic (exact) mass is 249 g/mol. The van der Waals surface area contributed by atoms with Crippen LogP contribution in [-0.2, 0) is 14.6 Å². The minimum Gasteiger partial charge on any atom is -0.381 e. The number of hydrogen-bond acceptors (Lipinski definition) is 4. The van der Waals surface area contributed by atoms with Gasteiger partial charge in [0.25, 0.3) is 0 Å². The van der Waals surface area contributed by atoms with Gasteiger partial charge in [-0.2, -0.15) is 0 Å². The molecule has 0 bridgehead atoms. The van der Waals surface area contributed by atoms with Gasteiger partial charge >= 0.3 is 0 Å². The second-order valence-electron chi connectivity index (χ2n) is 4.80. The quantitative estimate of drug-likeness (QED) is 0.757. The summed E-state index contributed by atoms with van der Waals surface area (Å²) < 4.78 is 27.7. The summed E-state index contributed by atoms with van der Waals surface area (Å²) in [6.07, 6.45) is 3.38. The molecule has 5 heteroatoms. The van der Waals surface area contributed by atoms with E-state index in [1.54, 1.807) is 0 Å². The largest absolute Gasteiger partial charge is 0.381 e. The molecule has 0 saturated carbocycles. The summed E-state index contributed by atoms with van der Waals surface area (Å²) in [5.41, 5.74) is 0. The molecule has 1 saturated heterocycles. The predicted octanol–water partition coefficient (Wildman–Crippen LogP) is 0.824. The molecule has 0 aliphatic carbocycles. The third kappa shape index (κ3) is 4.80. The molecule has 96 valence electrons. The lowest BCUT2D eigenvalue weighted by Gasteiger charge is -2.26. The summed E-state index contributed by atoms with van der Waals surface area (Å²) in [6.45, 7) is 5.70. The average molecular weight is 249 g/mol. The summed E-state index contributed by atoms with van der Waals surface area (Å²) in [5.74, 6) is 0.740. The van der Waals surface area contributed by atoms with E-state index >= 15 is 0 Å². The van der Waals surface area contributed by atoms with E-state index in [4.69, 9.17) is 4.74 Å². The highest BCUT2D eigenvalue weighted by molar-refractivity contribution is 7.90. The molecule has 0 spiro atoms. The number of sulfone groups is 1. The van der Waals surface area contributed by atoms with Crippen LogP contribution in [0, 0.1) is 5.92 Å². The van der Waals surface area contributed by atoms with E-state index in [9.17, 15) is 8.42 Å². The van der Waals surface area contributed by atoms with Crippen molar-refractivity contribution < 1.29 is 13.2 Å². The van der Waals surface area contributed by atoms with Crippen LogP contribution in [0.25, 0.3) is 0 Å². The molecule has 1 fully saturated rings. The summed E-state index contributed by atoms with van der Waals surface area (Å²) in [4.78, 5) is 0. The van der Waals surface area contributed by atoms with Gasteiger partial charge < -0.3 is 10.1 Å². The van der Waals surface area contributed by atoms with Crippen molar-refractivity contribution in [2.75, 3.05) is 25.2 Å². The molecule has 1 rings (SSSR count). The molecule has 0 aromatic carbocycles. The Morgan fingerprint density at radius 1 is 1.50 bits per heavy atom. The van der Waals surface area contributed by atoms with Gasteiger partial charge in [0.05, 0.1) is 12.4 Å². The first-order valence-corrected chi connectivity index (χ1v) is 8.00. The topological polar surface area (TPSA) is 55.4 Å². The predicted molar refractivity (Wildman–Crippen MR) is 65.3 cm³/mol. The molecule has 1 heterocycles. The van der Waals surface area contributed by atoms with Crippen LogP contribution in [0.3, 0.4) is 0 Å². The SMILES string of the molecule is CCC(NC(C)CS(C)(=O)=O)C1CCOC1. The summed E-state index contributed by atoms with van der Waals surface area (Å²) >= 11 is 0. The van der Waals surface area contributed by atoms with Gasteiger partial charge in [-0.05, 0) is 25.7 Å². The lowest BCUT2D eigenvalue weighted by Crippen LogP contribution is -2.44. The van der Waals surface area contributed by atoms with Gasteiger partial charge in [-0.1, -0.05) is 6.92 Å². The van der Waals surface area contributed by atoms with E-state index in [0.29, 0.717) is 12.0 Å². The molecule has 3 unspecified atom stereocenters. The van der Waals surface area contributed by atoms with E-state index < -0.39 is 9.84 Å². The third-order valence-corrected chi connectivity index (χ3v) is 4.13. The smallest absolute Gasteiger partial charge is 0.148 e. The zero-order chi connectivity index (χ0) is 12.2. The highest BCUT2D eigenvalue weighted by Crippen LogP contribution is 2.19. The van der Waals surface area contributed by atoms with Crippen molar-refractivity contribution in [2.45, 2.75) is 38.8 Å². The zero-order valence-electron chi connectivity index (χ0n) is 10.4. The van der Waals surface area contributed by atoms with E-state index in [2.05, 4.69) is 12.2 Å². The second kappa shape index (κ2) is 5.98. The minimum absolute atomic E-state index is 0.0144. The first kappa shape index (κ1) is 13.9. The summed E-state index contributed by atoms with van der Waals surface area (Å²) in [6, 6.07) is 0.389. The fourth-order valence-corrected chi connectivity index (χ4v) is 3.33. The molecule has 3 atom stereocenters. The van der Waals surface area contributed by atoms with Crippen LogP contribution >= 0.6 is 0 Å². The van der Waals surface area contributed by atoms with Gasteiger partial charge in [-0.15, -0.1) is 0 Å². The van der Waals surface area contributed by atoms with Crippen LogP contribution < -0.4 is 5.32 Å². The van der Waals surface area contributed by atoms with Crippen LogP contribution in [0.5, 0.6) is 0 Å². The Kier molecular flexibility index (Phi) is 5.21. The van der Waals surface area contributed by atoms with Crippen LogP contribution in [0.4, 0.5) is 0 Å². The van der Waals surface area contributed by atoms with E-state index in [0.717, 1.165) is 26.1 Å². The van der Waals surface area contributed by atoms with E-state index in [1.807, 2.05) is 6.92 Å². The van der Waals surface area contributed by atoms with Crippen molar-refractivity contribution in [3.8, 4) is 0 Å². The first-order valence-electron chi connectivity index (χ1n) is 5.94. The molecule has 0 amide bonds. The number of ether oxygens (including phenoxy) is 1. The van der Waals surface area contributed by atoms with Gasteiger partial charge in [-0.25, -0.2) is 8.42 Å². The van der Waals surface area contributed by atoms with E-state index in [-0.39, 0.29) is 11.8 Å². The van der Waals surface area contributed by atoms with Crippen molar-refractivity contribution in [3.05, 3.63) is 0 Å². The molecular formula is C11H23NO3S. The van der Waals surface area contributed by atoms with Crippen molar-refractivity contribution in [1.29, 1.82) is 0 Å². The molecule has 1 aliphatic rings. The second-order valence-corrected chi connectivity index (χ2v) is 6.98. The number of hydrogen-bond donors (Lipinski definition) is 1. The van der Waals surface area contributed by atoms with Crippen LogP contribution in [0.2, 0.25) is 0 Å². The Morgan fingerprint density at radius 2 is 2.19 bits per heavy atom. The Bertz CT molecular complexity index is 296. The molecule has 0 radical (unpaired) electrons. The standard InChI is InChI=1S/C11H23NO3S/c1-4-11(10-5-6-15-7-10)12-9(2)8-16(3,13)14/h9-12H,4-8H2,1-3H3. The fourth-order valence-electron chi connectivity index (χ4n) is 2.33. The van der Waals surface area contributed by atoms with Crippen LogP contribution in [0.15, 0.2) is 0 Å². The first-order chi connectivity index (χ1) is 7.42. The van der Waals surface area contributed by atoms with Crippen molar-refractivity contribution in [3.63, 3.8) is 0 Å². The van der Waals surface area contributed by atoms with Gasteiger partial charge in [0, 0.05) is 24.9 Å². The van der Waals surface area contributed by atoms with Gasteiger partial charge in [-0.3, -0.25) is 0 Å². The van der Waals surface area contributed by atoms with Crippen LogP contribution in [-0.4, -0.2) is 45.7 Å². The maximum absolute atomic E-state index is 11.2. The fraction of sp³-hybridized carbons (Fsp3) is 1.00. The van der Waals surface area contributed by atoms with Crippen molar-refractivity contribution in [1.82, 2.24) is 5.32 Å². The lowest BCUT2D eigenvalue weighted by atomic mass is 9.96. The Balaban J connectivity index is 2.43. The summed E-state index contributed by atoms with van der Waals surface area (Å²) in [7, 11) is -2.89. The lowest BCUT2D eigenvalue weighted by molar-refractivity contribution is 0.174. The zero-order valence-corrected chi connectivity index (χ0v) is 11.2. The maximum Gasteiger partial charge on any atom is 0.148 e. The number of nitrogens with one attached hydrogen (secondary N) is 1. The van der Waals surface area contributed by atoms with Gasteiger partial charge in [0.15, 0.2) is 0 Å². The van der Waals surface area contributed by atoms with Crippen molar-refractivity contribution in [2.24, 2.45) is 5.92 Å². The third-order valence-electron chi connectivity index (χ3n) is 3.03. The normalized spacial score (nSPS) is 25.6. The molecule has 1 N–H and O–H groups in total. The average Bonchev–Trinajstić information content (AvgIpc) is 2.63. The van der Waals surface area contributed by atoms with Gasteiger partial charge in [0.2, 0.25) is 0 Å². The minimum atomic E-state index is -2.89. The Hall–Kier alpha value is -0.130. The summed E-state index contributed by atoms with van der Waals surface area (Å²) in [5, 5.41) is 3.41. The Labute approximate surface area is 98.7 Å². The molecule has 1 aliphatic heterocycles. The molecule has 16 heavy (non-hydrogen) atoms. The molecule has 0 aromatic rings. The molecular weight excluding hydrogens is 226 g/mol. The van der Waals surface area contributed by atoms with Crippen molar-refractivity contribution >= 4 is 9.84 Å². The Morgan fingerprint density at radius 3 is 2.62 bits per heavy atom. The van der Waals surface area contributed by atoms with Gasteiger partial charge in [0.1, 0.15) is 9.84 Å². The van der Waals surface area contributed by atoms with E-state index in [1.165, 1.54) is 6.26 Å².